The fraction of sp³-hybridized carbons (Fsp3) is 0.125. The Bertz CT molecular complexity index is 694. The summed E-state index contributed by atoms with van der Waals surface area (Å²) in [5.74, 6) is -0.823. The molecule has 0 radical (unpaired) electrons. The molecule has 0 aromatic heterocycles. The Labute approximate surface area is 130 Å². The van der Waals surface area contributed by atoms with E-state index in [-0.39, 0.29) is 16.9 Å². The Kier molecular flexibility index (Phi) is 4.75. The number of halogens is 1. The van der Waals surface area contributed by atoms with Crippen LogP contribution in [0.4, 0.5) is 0 Å². The van der Waals surface area contributed by atoms with E-state index in [9.17, 15) is 9.59 Å². The van der Waals surface area contributed by atoms with Crippen molar-refractivity contribution in [2.75, 3.05) is 6.61 Å². The molecular formula is C16H13BrO4. The van der Waals surface area contributed by atoms with Crippen molar-refractivity contribution >= 4 is 27.7 Å². The number of carboxylic acid groups (broad SMARTS) is 1. The van der Waals surface area contributed by atoms with E-state index < -0.39 is 5.97 Å². The van der Waals surface area contributed by atoms with Crippen LogP contribution >= 0.6 is 15.9 Å². The molecule has 0 aliphatic rings. The van der Waals surface area contributed by atoms with Gasteiger partial charge in [-0.25, -0.2) is 4.79 Å². The van der Waals surface area contributed by atoms with Crippen LogP contribution in [0, 0.1) is 0 Å². The van der Waals surface area contributed by atoms with Gasteiger partial charge in [-0.3, -0.25) is 4.79 Å². The maximum absolute atomic E-state index is 12.5. The molecule has 2 rings (SSSR count). The molecule has 0 atom stereocenters. The van der Waals surface area contributed by atoms with Gasteiger partial charge < -0.3 is 9.84 Å². The minimum absolute atomic E-state index is 0.0108. The molecule has 0 amide bonds. The van der Waals surface area contributed by atoms with Crippen molar-refractivity contribution in [1.82, 2.24) is 0 Å². The van der Waals surface area contributed by atoms with Crippen LogP contribution in [0.5, 0.6) is 5.75 Å². The lowest BCUT2D eigenvalue weighted by atomic mass is 9.98. The van der Waals surface area contributed by atoms with E-state index in [0.717, 1.165) is 0 Å². The summed E-state index contributed by atoms with van der Waals surface area (Å²) in [4.78, 5) is 23.7. The molecule has 1 N–H and O–H groups in total. The zero-order valence-electron chi connectivity index (χ0n) is 11.3. The Hall–Kier alpha value is -2.14. The van der Waals surface area contributed by atoms with Gasteiger partial charge in [-0.05, 0) is 47.1 Å². The number of carbonyl (C=O) groups is 2. The second-order valence-electron chi connectivity index (χ2n) is 4.25. The molecule has 2 aromatic carbocycles. The van der Waals surface area contributed by atoms with E-state index >= 15 is 0 Å². The molecule has 0 saturated carbocycles. The van der Waals surface area contributed by atoms with Crippen LogP contribution < -0.4 is 4.74 Å². The summed E-state index contributed by atoms with van der Waals surface area (Å²) in [5.41, 5.74) is 0.547. The van der Waals surface area contributed by atoms with Crippen molar-refractivity contribution in [2.45, 2.75) is 6.92 Å². The standard InChI is InChI=1S/C16H13BrO4/c1-2-21-10-7-8-13(14(17)9-10)15(18)11-5-3-4-6-12(11)16(19)20/h3-9H,2H2,1H3,(H,19,20). The van der Waals surface area contributed by atoms with Crippen molar-refractivity contribution in [3.63, 3.8) is 0 Å². The highest BCUT2D eigenvalue weighted by Crippen LogP contribution is 2.26. The normalized spacial score (nSPS) is 10.2. The molecule has 4 nitrogen and oxygen atoms in total. The monoisotopic (exact) mass is 348 g/mol. The molecule has 0 saturated heterocycles. The number of rotatable bonds is 5. The molecular weight excluding hydrogens is 336 g/mol. The van der Waals surface area contributed by atoms with E-state index in [1.165, 1.54) is 12.1 Å². The largest absolute Gasteiger partial charge is 0.494 e. The van der Waals surface area contributed by atoms with E-state index in [1.807, 2.05) is 6.92 Å². The number of hydrogen-bond acceptors (Lipinski definition) is 3. The maximum atomic E-state index is 12.5. The first-order valence-electron chi connectivity index (χ1n) is 6.34. The van der Waals surface area contributed by atoms with E-state index in [4.69, 9.17) is 9.84 Å². The van der Waals surface area contributed by atoms with E-state index in [0.29, 0.717) is 22.4 Å². The van der Waals surface area contributed by atoms with Crippen LogP contribution in [0.3, 0.4) is 0 Å². The lowest BCUT2D eigenvalue weighted by Gasteiger charge is -2.09. The Morgan fingerprint density at radius 2 is 1.76 bits per heavy atom. The SMILES string of the molecule is CCOc1ccc(C(=O)c2ccccc2C(=O)O)c(Br)c1. The third kappa shape index (κ3) is 3.31. The minimum atomic E-state index is -1.12. The van der Waals surface area contributed by atoms with Gasteiger partial charge in [0.15, 0.2) is 5.78 Å². The van der Waals surface area contributed by atoms with Gasteiger partial charge in [0.1, 0.15) is 5.75 Å². The summed E-state index contributed by atoms with van der Waals surface area (Å²) < 4.78 is 5.92. The maximum Gasteiger partial charge on any atom is 0.336 e. The fourth-order valence-electron chi connectivity index (χ4n) is 1.95. The van der Waals surface area contributed by atoms with Gasteiger partial charge >= 0.3 is 5.97 Å². The lowest BCUT2D eigenvalue weighted by Crippen LogP contribution is -2.10. The van der Waals surface area contributed by atoms with Gasteiger partial charge in [-0.1, -0.05) is 18.2 Å². The number of aromatic carboxylic acids is 1. The van der Waals surface area contributed by atoms with E-state index in [1.54, 1.807) is 30.3 Å². The van der Waals surface area contributed by atoms with Gasteiger partial charge in [0.05, 0.1) is 12.2 Å². The van der Waals surface area contributed by atoms with Crippen LogP contribution in [0.1, 0.15) is 33.2 Å². The van der Waals surface area contributed by atoms with Crippen molar-refractivity contribution in [2.24, 2.45) is 0 Å². The highest BCUT2D eigenvalue weighted by Gasteiger charge is 2.19. The average Bonchev–Trinajstić information content (AvgIpc) is 2.47. The first kappa shape index (κ1) is 15.3. The Balaban J connectivity index is 2.43. The lowest BCUT2D eigenvalue weighted by molar-refractivity contribution is 0.0693. The fourth-order valence-corrected chi connectivity index (χ4v) is 2.49. The molecule has 21 heavy (non-hydrogen) atoms. The summed E-state index contributed by atoms with van der Waals surface area (Å²) in [6.45, 7) is 2.40. The van der Waals surface area contributed by atoms with Gasteiger partial charge in [0.2, 0.25) is 0 Å². The van der Waals surface area contributed by atoms with Gasteiger partial charge in [0, 0.05) is 15.6 Å². The van der Waals surface area contributed by atoms with Gasteiger partial charge in [0.25, 0.3) is 0 Å². The van der Waals surface area contributed by atoms with Gasteiger partial charge in [-0.15, -0.1) is 0 Å². The van der Waals surface area contributed by atoms with Crippen LogP contribution in [0.2, 0.25) is 0 Å². The third-order valence-corrected chi connectivity index (χ3v) is 3.55. The molecule has 0 aliphatic carbocycles. The van der Waals surface area contributed by atoms with Crippen LogP contribution in [0.15, 0.2) is 46.9 Å². The summed E-state index contributed by atoms with van der Waals surface area (Å²) in [5, 5.41) is 9.16. The Morgan fingerprint density at radius 1 is 1.10 bits per heavy atom. The molecule has 0 heterocycles. The molecule has 0 bridgehead atoms. The van der Waals surface area contributed by atoms with E-state index in [2.05, 4.69) is 15.9 Å². The van der Waals surface area contributed by atoms with Crippen LogP contribution in [-0.4, -0.2) is 23.5 Å². The number of carboxylic acids is 1. The summed E-state index contributed by atoms with van der Waals surface area (Å²) >= 11 is 3.33. The molecule has 0 spiro atoms. The second kappa shape index (κ2) is 6.54. The predicted molar refractivity (Wildman–Crippen MR) is 82.1 cm³/mol. The van der Waals surface area contributed by atoms with Crippen LogP contribution in [0.25, 0.3) is 0 Å². The number of hydrogen-bond donors (Lipinski definition) is 1. The molecule has 5 heteroatoms. The highest BCUT2D eigenvalue weighted by atomic mass is 79.9. The zero-order valence-corrected chi connectivity index (χ0v) is 12.9. The van der Waals surface area contributed by atoms with Crippen molar-refractivity contribution in [3.8, 4) is 5.75 Å². The Morgan fingerprint density at radius 3 is 2.33 bits per heavy atom. The number of ether oxygens (including phenoxy) is 1. The number of carbonyl (C=O) groups excluding carboxylic acids is 1. The molecule has 2 aromatic rings. The quantitative estimate of drug-likeness (QED) is 0.835. The molecule has 0 aliphatic heterocycles. The zero-order chi connectivity index (χ0) is 15.4. The number of benzene rings is 2. The summed E-state index contributed by atoms with van der Waals surface area (Å²) in [6, 6.07) is 11.2. The second-order valence-corrected chi connectivity index (χ2v) is 5.11. The number of ketones is 1. The van der Waals surface area contributed by atoms with Gasteiger partial charge in [-0.2, -0.15) is 0 Å². The highest BCUT2D eigenvalue weighted by molar-refractivity contribution is 9.10. The topological polar surface area (TPSA) is 63.6 Å². The average molecular weight is 349 g/mol. The molecule has 108 valence electrons. The smallest absolute Gasteiger partial charge is 0.336 e. The third-order valence-electron chi connectivity index (χ3n) is 2.90. The minimum Gasteiger partial charge on any atom is -0.494 e. The summed E-state index contributed by atoms with van der Waals surface area (Å²) in [6.07, 6.45) is 0. The first-order chi connectivity index (χ1) is 10.0. The molecule has 0 unspecified atom stereocenters. The van der Waals surface area contributed by atoms with Crippen molar-refractivity contribution in [1.29, 1.82) is 0 Å². The summed E-state index contributed by atoms with van der Waals surface area (Å²) in [7, 11) is 0. The van der Waals surface area contributed by atoms with Crippen molar-refractivity contribution < 1.29 is 19.4 Å². The van der Waals surface area contributed by atoms with Crippen LogP contribution in [-0.2, 0) is 0 Å². The van der Waals surface area contributed by atoms with Crippen molar-refractivity contribution in [3.05, 3.63) is 63.6 Å². The molecule has 0 fully saturated rings. The first-order valence-corrected chi connectivity index (χ1v) is 7.13. The predicted octanol–water partition coefficient (Wildman–Crippen LogP) is 3.78.